The molecule has 2 saturated heterocycles. The highest BCUT2D eigenvalue weighted by Gasteiger charge is 2.57. The number of ether oxygens (including phenoxy) is 1. The zero-order chi connectivity index (χ0) is 10.3. The van der Waals surface area contributed by atoms with Crippen LogP contribution in [0.4, 0.5) is 0 Å². The van der Waals surface area contributed by atoms with E-state index in [0.717, 1.165) is 6.42 Å². The second-order valence-corrected chi connectivity index (χ2v) is 3.93. The lowest BCUT2D eigenvalue weighted by Gasteiger charge is -2.28. The molecule has 0 bridgehead atoms. The molecule has 0 aromatic heterocycles. The monoisotopic (exact) mass is 198 g/mol. The number of methoxy groups -OCH3 is 1. The quantitative estimate of drug-likeness (QED) is 0.563. The van der Waals surface area contributed by atoms with Crippen molar-refractivity contribution in [2.24, 2.45) is 5.73 Å². The number of rotatable bonds is 1. The van der Waals surface area contributed by atoms with Gasteiger partial charge in [-0.3, -0.25) is 4.79 Å². The Labute approximate surface area is 82.2 Å². The number of nitrogens with two attached hydrogens (primary N) is 1. The Balaban J connectivity index is 2.33. The van der Waals surface area contributed by atoms with Gasteiger partial charge in [0.2, 0.25) is 5.91 Å². The van der Waals surface area contributed by atoms with Crippen LogP contribution in [0.1, 0.15) is 19.3 Å². The number of hydrogen-bond donors (Lipinski definition) is 1. The van der Waals surface area contributed by atoms with E-state index in [1.807, 2.05) is 0 Å². The van der Waals surface area contributed by atoms with Gasteiger partial charge in [0.1, 0.15) is 5.54 Å². The fourth-order valence-corrected chi connectivity index (χ4v) is 2.55. The summed E-state index contributed by atoms with van der Waals surface area (Å²) in [5.74, 6) is -0.441. The molecule has 0 radical (unpaired) electrons. The summed E-state index contributed by atoms with van der Waals surface area (Å²) in [6, 6.07) is -0.533. The number of nitrogens with zero attached hydrogens (tertiary/aromatic N) is 1. The van der Waals surface area contributed by atoms with Gasteiger partial charge in [-0.15, -0.1) is 0 Å². The summed E-state index contributed by atoms with van der Waals surface area (Å²) in [4.78, 5) is 24.8. The highest BCUT2D eigenvalue weighted by Crippen LogP contribution is 2.39. The lowest BCUT2D eigenvalue weighted by molar-refractivity contribution is -0.155. The topological polar surface area (TPSA) is 72.6 Å². The summed E-state index contributed by atoms with van der Waals surface area (Å²) in [7, 11) is 1.35. The van der Waals surface area contributed by atoms with Gasteiger partial charge in [0, 0.05) is 13.0 Å². The van der Waals surface area contributed by atoms with Crippen LogP contribution >= 0.6 is 0 Å². The molecule has 14 heavy (non-hydrogen) atoms. The number of carbonyl (C=O) groups is 2. The maximum Gasteiger partial charge on any atom is 0.331 e. The second kappa shape index (κ2) is 2.95. The molecule has 0 aliphatic carbocycles. The molecular formula is C9H14N2O3. The average Bonchev–Trinajstić information content (AvgIpc) is 2.68. The van der Waals surface area contributed by atoms with E-state index in [1.165, 1.54) is 7.11 Å². The summed E-state index contributed by atoms with van der Waals surface area (Å²) in [6.07, 6.45) is 1.94. The fourth-order valence-electron chi connectivity index (χ4n) is 2.55. The highest BCUT2D eigenvalue weighted by molar-refractivity contribution is 5.95. The van der Waals surface area contributed by atoms with E-state index in [2.05, 4.69) is 0 Å². The van der Waals surface area contributed by atoms with Crippen LogP contribution in [0.2, 0.25) is 0 Å². The molecule has 2 unspecified atom stereocenters. The summed E-state index contributed by atoms with van der Waals surface area (Å²) in [6.45, 7) is 0.627. The fraction of sp³-hybridized carbons (Fsp3) is 0.778. The number of carbonyl (C=O) groups excluding carboxylic acids is 2. The van der Waals surface area contributed by atoms with Crippen molar-refractivity contribution < 1.29 is 14.3 Å². The van der Waals surface area contributed by atoms with Crippen molar-refractivity contribution in [1.82, 2.24) is 4.90 Å². The first kappa shape index (κ1) is 9.45. The maximum atomic E-state index is 11.6. The van der Waals surface area contributed by atoms with Crippen LogP contribution < -0.4 is 5.73 Å². The molecular weight excluding hydrogens is 184 g/mol. The first-order chi connectivity index (χ1) is 6.62. The van der Waals surface area contributed by atoms with Crippen molar-refractivity contribution in [2.45, 2.75) is 30.8 Å². The SMILES string of the molecule is COC(=O)C12CCCN1C(=O)C(N)C2. The van der Waals surface area contributed by atoms with E-state index < -0.39 is 11.6 Å². The summed E-state index contributed by atoms with van der Waals surface area (Å²) in [5, 5.41) is 0. The molecule has 2 N–H and O–H groups in total. The number of fused-ring (bicyclic) bond motifs is 1. The lowest BCUT2D eigenvalue weighted by Crippen LogP contribution is -2.47. The highest BCUT2D eigenvalue weighted by atomic mass is 16.5. The van der Waals surface area contributed by atoms with Crippen LogP contribution in [0.5, 0.6) is 0 Å². The smallest absolute Gasteiger partial charge is 0.331 e. The minimum Gasteiger partial charge on any atom is -0.467 e. The Morgan fingerprint density at radius 3 is 3.07 bits per heavy atom. The van der Waals surface area contributed by atoms with Crippen molar-refractivity contribution in [3.05, 3.63) is 0 Å². The first-order valence-electron chi connectivity index (χ1n) is 4.77. The Morgan fingerprint density at radius 1 is 1.71 bits per heavy atom. The van der Waals surface area contributed by atoms with Crippen LogP contribution in [-0.2, 0) is 14.3 Å². The maximum absolute atomic E-state index is 11.6. The molecule has 2 fully saturated rings. The number of amides is 1. The summed E-state index contributed by atoms with van der Waals surface area (Å²) >= 11 is 0. The van der Waals surface area contributed by atoms with Crippen LogP contribution in [0, 0.1) is 0 Å². The molecule has 0 spiro atoms. The molecule has 1 amide bonds. The predicted molar refractivity (Wildman–Crippen MR) is 48.3 cm³/mol. The van der Waals surface area contributed by atoms with Crippen molar-refractivity contribution >= 4 is 11.9 Å². The van der Waals surface area contributed by atoms with E-state index in [4.69, 9.17) is 10.5 Å². The van der Waals surface area contributed by atoms with Crippen LogP contribution in [0.3, 0.4) is 0 Å². The minimum absolute atomic E-state index is 0.118. The van der Waals surface area contributed by atoms with Gasteiger partial charge in [0.25, 0.3) is 0 Å². The average molecular weight is 198 g/mol. The molecule has 2 aliphatic rings. The van der Waals surface area contributed by atoms with E-state index in [-0.39, 0.29) is 11.9 Å². The Hall–Kier alpha value is -1.10. The van der Waals surface area contributed by atoms with Gasteiger partial charge in [-0.25, -0.2) is 4.79 Å². The minimum atomic E-state index is -0.745. The molecule has 5 heteroatoms. The Kier molecular flexibility index (Phi) is 1.99. The zero-order valence-electron chi connectivity index (χ0n) is 8.16. The third-order valence-corrected chi connectivity index (χ3v) is 3.19. The van der Waals surface area contributed by atoms with Gasteiger partial charge in [-0.2, -0.15) is 0 Å². The molecule has 2 heterocycles. The van der Waals surface area contributed by atoms with Gasteiger partial charge in [-0.1, -0.05) is 0 Å². The molecule has 78 valence electrons. The predicted octanol–water partition coefficient (Wildman–Crippen LogP) is -0.748. The van der Waals surface area contributed by atoms with E-state index in [1.54, 1.807) is 4.90 Å². The lowest BCUT2D eigenvalue weighted by atomic mass is 9.93. The van der Waals surface area contributed by atoms with Crippen molar-refractivity contribution in [1.29, 1.82) is 0 Å². The molecule has 2 rings (SSSR count). The van der Waals surface area contributed by atoms with E-state index in [9.17, 15) is 9.59 Å². The van der Waals surface area contributed by atoms with Crippen molar-refractivity contribution in [3.63, 3.8) is 0 Å². The first-order valence-corrected chi connectivity index (χ1v) is 4.77. The van der Waals surface area contributed by atoms with Gasteiger partial charge < -0.3 is 15.4 Å². The van der Waals surface area contributed by atoms with Gasteiger partial charge in [0.05, 0.1) is 13.2 Å². The van der Waals surface area contributed by atoms with Crippen LogP contribution in [0.25, 0.3) is 0 Å². The largest absolute Gasteiger partial charge is 0.467 e. The molecule has 0 saturated carbocycles. The van der Waals surface area contributed by atoms with Gasteiger partial charge >= 0.3 is 5.97 Å². The molecule has 0 aromatic carbocycles. The molecule has 0 aromatic rings. The summed E-state index contributed by atoms with van der Waals surface area (Å²) in [5.41, 5.74) is 4.90. The van der Waals surface area contributed by atoms with E-state index in [0.29, 0.717) is 19.4 Å². The normalized spacial score (nSPS) is 36.0. The van der Waals surface area contributed by atoms with Crippen LogP contribution in [0.15, 0.2) is 0 Å². The summed E-state index contributed by atoms with van der Waals surface area (Å²) < 4.78 is 4.75. The Bertz CT molecular complexity index is 292. The van der Waals surface area contributed by atoms with Crippen molar-refractivity contribution in [2.75, 3.05) is 13.7 Å². The molecule has 5 nitrogen and oxygen atoms in total. The van der Waals surface area contributed by atoms with E-state index >= 15 is 0 Å². The standard InChI is InChI=1S/C9H14N2O3/c1-14-8(13)9-3-2-4-11(9)7(12)6(10)5-9/h6H,2-5,10H2,1H3. The van der Waals surface area contributed by atoms with Crippen molar-refractivity contribution in [3.8, 4) is 0 Å². The van der Waals surface area contributed by atoms with Gasteiger partial charge in [0.15, 0.2) is 0 Å². The number of esters is 1. The van der Waals surface area contributed by atoms with Gasteiger partial charge in [-0.05, 0) is 12.8 Å². The third-order valence-electron chi connectivity index (χ3n) is 3.19. The zero-order valence-corrected chi connectivity index (χ0v) is 8.16. The molecule has 2 aliphatic heterocycles. The second-order valence-electron chi connectivity index (χ2n) is 3.93. The van der Waals surface area contributed by atoms with Crippen LogP contribution in [-0.4, -0.2) is 42.0 Å². The third kappa shape index (κ3) is 0.987. The Morgan fingerprint density at radius 2 is 2.43 bits per heavy atom. The number of hydrogen-bond acceptors (Lipinski definition) is 4. The molecule has 2 atom stereocenters.